The monoisotopic (exact) mass is 274 g/mol. The Morgan fingerprint density at radius 3 is 2.84 bits per heavy atom. The Balaban J connectivity index is 2.12. The molecule has 0 saturated carbocycles. The molecule has 2 aliphatic rings. The van der Waals surface area contributed by atoms with Gasteiger partial charge < -0.3 is 9.47 Å². The summed E-state index contributed by atoms with van der Waals surface area (Å²) >= 11 is 1.70. The van der Waals surface area contributed by atoms with Gasteiger partial charge in [0.2, 0.25) is 0 Å². The molecule has 0 atom stereocenters. The van der Waals surface area contributed by atoms with Crippen LogP contribution in [0.1, 0.15) is 33.7 Å². The lowest BCUT2D eigenvalue weighted by Crippen LogP contribution is -2.40. The van der Waals surface area contributed by atoms with Gasteiger partial charge in [0.05, 0.1) is 5.88 Å². The zero-order chi connectivity index (χ0) is 13.4. The summed E-state index contributed by atoms with van der Waals surface area (Å²) in [5.41, 5.74) is 4.40. The van der Waals surface area contributed by atoms with Crippen molar-refractivity contribution >= 4 is 29.8 Å². The zero-order valence-electron chi connectivity index (χ0n) is 11.3. The number of carbonyl (C=O) groups excluding carboxylic acids is 1. The highest BCUT2D eigenvalue weighted by Gasteiger charge is 2.30. The van der Waals surface area contributed by atoms with Crippen molar-refractivity contribution in [2.75, 3.05) is 18.7 Å². The first-order valence-electron chi connectivity index (χ1n) is 6.58. The van der Waals surface area contributed by atoms with Gasteiger partial charge in [0.1, 0.15) is 5.69 Å². The van der Waals surface area contributed by atoms with Crippen LogP contribution in [0.4, 0.5) is 0 Å². The molecule has 0 bridgehead atoms. The average Bonchev–Trinajstić information content (AvgIpc) is 2.58. The van der Waals surface area contributed by atoms with E-state index in [4.69, 9.17) is 0 Å². The van der Waals surface area contributed by atoms with Gasteiger partial charge in [-0.1, -0.05) is 18.2 Å². The van der Waals surface area contributed by atoms with Crippen molar-refractivity contribution in [1.29, 1.82) is 0 Å². The minimum absolute atomic E-state index is 0.174. The summed E-state index contributed by atoms with van der Waals surface area (Å²) in [5.74, 6) is 0.952. The first-order valence-corrected chi connectivity index (χ1v) is 7.97. The number of amides is 1. The van der Waals surface area contributed by atoms with Gasteiger partial charge in [0, 0.05) is 24.3 Å². The number of carbonyl (C=O) groups is 1. The van der Waals surface area contributed by atoms with Gasteiger partial charge in [0.15, 0.2) is 0 Å². The number of rotatable bonds is 2. The van der Waals surface area contributed by atoms with Crippen molar-refractivity contribution in [3.8, 4) is 0 Å². The van der Waals surface area contributed by atoms with E-state index in [1.165, 1.54) is 11.3 Å². The summed E-state index contributed by atoms with van der Waals surface area (Å²) in [6, 6.07) is 0. The van der Waals surface area contributed by atoms with Crippen molar-refractivity contribution in [3.63, 3.8) is 0 Å². The summed E-state index contributed by atoms with van der Waals surface area (Å²) in [4.78, 5) is 14.5. The van der Waals surface area contributed by atoms with Crippen molar-refractivity contribution in [3.05, 3.63) is 34.7 Å². The first-order chi connectivity index (χ1) is 9.24. The summed E-state index contributed by atoms with van der Waals surface area (Å²) < 4.78 is 2.19. The molecule has 1 amide bonds. The summed E-state index contributed by atoms with van der Waals surface area (Å²) in [5, 5.41) is 0. The van der Waals surface area contributed by atoms with Gasteiger partial charge in [-0.2, -0.15) is 0 Å². The van der Waals surface area contributed by atoms with E-state index in [9.17, 15) is 4.79 Å². The normalized spacial score (nSPS) is 17.4. The van der Waals surface area contributed by atoms with E-state index >= 15 is 0 Å². The molecular formula is C15H18N2OS. The molecule has 0 fully saturated rings. The predicted octanol–water partition coefficient (Wildman–Crippen LogP) is 3.00. The molecule has 2 heterocycles. The van der Waals surface area contributed by atoms with E-state index in [-0.39, 0.29) is 5.91 Å². The fourth-order valence-corrected chi connectivity index (χ4v) is 3.44. The Morgan fingerprint density at radius 1 is 1.26 bits per heavy atom. The largest absolute Gasteiger partial charge is 0.334 e. The number of fused-ring (bicyclic) bond motifs is 3. The maximum absolute atomic E-state index is 12.6. The van der Waals surface area contributed by atoms with Crippen molar-refractivity contribution in [2.45, 2.75) is 19.9 Å². The average molecular weight is 274 g/mol. The van der Waals surface area contributed by atoms with Crippen LogP contribution in [0.2, 0.25) is 0 Å². The molecule has 0 spiro atoms. The third-order valence-corrected chi connectivity index (χ3v) is 4.37. The second kappa shape index (κ2) is 4.93. The van der Waals surface area contributed by atoms with Crippen LogP contribution in [0, 0.1) is 6.92 Å². The van der Waals surface area contributed by atoms with Crippen LogP contribution in [-0.2, 0) is 6.54 Å². The lowest BCUT2D eigenvalue weighted by Gasteiger charge is -2.28. The Hall–Kier alpha value is -1.42. The number of nitrogens with zero attached hydrogens (tertiary/aromatic N) is 2. The fraction of sp³-hybridized carbons (Fsp3) is 0.400. The minimum Gasteiger partial charge on any atom is -0.334 e. The van der Waals surface area contributed by atoms with Crippen LogP contribution in [0.15, 0.2) is 12.2 Å². The van der Waals surface area contributed by atoms with Gasteiger partial charge in [-0.3, -0.25) is 4.79 Å². The highest BCUT2D eigenvalue weighted by Crippen LogP contribution is 2.30. The SMILES string of the molecule is CSCN1CCn2c3c(c(C)c2C1=O)C=CCC=C3. The van der Waals surface area contributed by atoms with Crippen LogP contribution < -0.4 is 0 Å². The quantitative estimate of drug-likeness (QED) is 0.828. The molecule has 19 heavy (non-hydrogen) atoms. The lowest BCUT2D eigenvalue weighted by atomic mass is 10.1. The van der Waals surface area contributed by atoms with E-state index in [0.717, 1.165) is 36.6 Å². The van der Waals surface area contributed by atoms with Gasteiger partial charge in [-0.15, -0.1) is 11.8 Å². The second-order valence-electron chi connectivity index (χ2n) is 4.95. The maximum atomic E-state index is 12.6. The van der Waals surface area contributed by atoms with E-state index in [0.29, 0.717) is 0 Å². The third kappa shape index (κ3) is 1.94. The summed E-state index contributed by atoms with van der Waals surface area (Å²) in [6.45, 7) is 3.77. The third-order valence-electron chi connectivity index (χ3n) is 3.80. The van der Waals surface area contributed by atoms with Crippen LogP contribution in [0.25, 0.3) is 12.2 Å². The molecule has 0 aromatic carbocycles. The predicted molar refractivity (Wildman–Crippen MR) is 81.3 cm³/mol. The standard InChI is InChI=1S/C15H18N2OS/c1-11-12-6-4-3-5-7-13(12)17-9-8-16(10-19-2)15(18)14(11)17/h4-7H,3,8-10H2,1-2H3. The molecule has 0 unspecified atom stereocenters. The Kier molecular flexibility index (Phi) is 3.27. The molecule has 100 valence electrons. The number of aromatic nitrogens is 1. The molecule has 0 N–H and O–H groups in total. The van der Waals surface area contributed by atoms with E-state index in [1.54, 1.807) is 11.8 Å². The van der Waals surface area contributed by atoms with Gasteiger partial charge in [-0.25, -0.2) is 0 Å². The van der Waals surface area contributed by atoms with Gasteiger partial charge in [-0.05, 0) is 31.2 Å². The van der Waals surface area contributed by atoms with Gasteiger partial charge in [0.25, 0.3) is 5.91 Å². The lowest BCUT2D eigenvalue weighted by molar-refractivity contribution is 0.0738. The molecule has 0 saturated heterocycles. The Bertz CT molecular complexity index is 583. The molecule has 1 aliphatic heterocycles. The number of hydrogen-bond acceptors (Lipinski definition) is 2. The molecule has 3 rings (SSSR count). The first kappa shape index (κ1) is 12.6. The molecule has 1 aliphatic carbocycles. The van der Waals surface area contributed by atoms with Crippen molar-refractivity contribution in [1.82, 2.24) is 9.47 Å². The zero-order valence-corrected chi connectivity index (χ0v) is 12.2. The maximum Gasteiger partial charge on any atom is 0.271 e. The van der Waals surface area contributed by atoms with E-state index in [1.807, 2.05) is 11.2 Å². The second-order valence-corrected chi connectivity index (χ2v) is 5.79. The Labute approximate surface area is 118 Å². The van der Waals surface area contributed by atoms with Gasteiger partial charge >= 0.3 is 0 Å². The highest BCUT2D eigenvalue weighted by atomic mass is 32.2. The smallest absolute Gasteiger partial charge is 0.271 e. The van der Waals surface area contributed by atoms with E-state index in [2.05, 4.69) is 35.8 Å². The summed E-state index contributed by atoms with van der Waals surface area (Å²) in [7, 11) is 0. The van der Waals surface area contributed by atoms with Crippen LogP contribution in [-0.4, -0.2) is 34.1 Å². The van der Waals surface area contributed by atoms with Crippen LogP contribution in [0.3, 0.4) is 0 Å². The molecule has 0 radical (unpaired) electrons. The van der Waals surface area contributed by atoms with Crippen molar-refractivity contribution < 1.29 is 4.79 Å². The molecule has 3 nitrogen and oxygen atoms in total. The van der Waals surface area contributed by atoms with Crippen molar-refractivity contribution in [2.24, 2.45) is 0 Å². The van der Waals surface area contributed by atoms with Crippen LogP contribution in [0.5, 0.6) is 0 Å². The molecule has 1 aromatic heterocycles. The topological polar surface area (TPSA) is 25.2 Å². The molecule has 1 aromatic rings. The van der Waals surface area contributed by atoms with E-state index < -0.39 is 0 Å². The summed E-state index contributed by atoms with van der Waals surface area (Å²) in [6.07, 6.45) is 11.6. The number of hydrogen-bond donors (Lipinski definition) is 0. The van der Waals surface area contributed by atoms with Crippen LogP contribution >= 0.6 is 11.8 Å². The Morgan fingerprint density at radius 2 is 2.05 bits per heavy atom. The minimum atomic E-state index is 0.174. The fourth-order valence-electron chi connectivity index (χ4n) is 2.88. The molecule has 4 heteroatoms. The highest BCUT2D eigenvalue weighted by molar-refractivity contribution is 7.98. The molecular weight excluding hydrogens is 256 g/mol. The number of allylic oxidation sites excluding steroid dienone is 2. The number of thioether (sulfide) groups is 1.